The van der Waals surface area contributed by atoms with E-state index in [-0.39, 0.29) is 12.3 Å². The van der Waals surface area contributed by atoms with E-state index in [1.54, 1.807) is 23.7 Å². The van der Waals surface area contributed by atoms with Gasteiger partial charge in [0, 0.05) is 11.6 Å². The maximum absolute atomic E-state index is 11.9. The van der Waals surface area contributed by atoms with Crippen molar-refractivity contribution in [2.24, 2.45) is 0 Å². The van der Waals surface area contributed by atoms with Crippen LogP contribution in [-0.2, 0) is 11.2 Å². The monoisotopic (exact) mass is 341 g/mol. The molecule has 0 saturated carbocycles. The van der Waals surface area contributed by atoms with Crippen molar-refractivity contribution in [3.8, 4) is 0 Å². The molecular formula is C11H8BrN3O3S. The number of nitrogens with one attached hydrogen (secondary N) is 1. The quantitative estimate of drug-likeness (QED) is 0.831. The van der Waals surface area contributed by atoms with Crippen LogP contribution in [0.3, 0.4) is 0 Å². The average molecular weight is 342 g/mol. The van der Waals surface area contributed by atoms with Gasteiger partial charge in [0.15, 0.2) is 5.13 Å². The van der Waals surface area contributed by atoms with Crippen LogP contribution in [0.2, 0.25) is 0 Å². The first-order valence-electron chi connectivity index (χ1n) is 5.14. The molecule has 2 aromatic rings. The van der Waals surface area contributed by atoms with Crippen LogP contribution in [0.5, 0.6) is 0 Å². The molecule has 0 aliphatic rings. The molecule has 2 N–H and O–H groups in total. The molecule has 6 nitrogen and oxygen atoms in total. The highest BCUT2D eigenvalue weighted by molar-refractivity contribution is 9.10. The maximum atomic E-state index is 11.9. The number of carbonyl (C=O) groups excluding carboxylic acids is 1. The number of aliphatic carboxylic acids is 1. The Balaban J connectivity index is 2.09. The van der Waals surface area contributed by atoms with Gasteiger partial charge in [-0.2, -0.15) is 0 Å². The Bertz CT molecular complexity index is 629. The van der Waals surface area contributed by atoms with E-state index in [4.69, 9.17) is 5.11 Å². The van der Waals surface area contributed by atoms with Crippen molar-refractivity contribution in [1.29, 1.82) is 0 Å². The molecule has 0 bridgehead atoms. The minimum atomic E-state index is -0.960. The van der Waals surface area contributed by atoms with E-state index >= 15 is 0 Å². The number of nitrogens with zero attached hydrogens (tertiary/aromatic N) is 2. The fourth-order valence-corrected chi connectivity index (χ4v) is 2.46. The molecule has 0 fully saturated rings. The van der Waals surface area contributed by atoms with E-state index in [0.29, 0.717) is 21.0 Å². The van der Waals surface area contributed by atoms with Gasteiger partial charge in [0.2, 0.25) is 0 Å². The van der Waals surface area contributed by atoms with Crippen LogP contribution >= 0.6 is 27.3 Å². The first-order chi connectivity index (χ1) is 9.06. The zero-order chi connectivity index (χ0) is 13.8. The van der Waals surface area contributed by atoms with Crippen molar-refractivity contribution < 1.29 is 14.7 Å². The van der Waals surface area contributed by atoms with Crippen LogP contribution in [0.15, 0.2) is 28.3 Å². The summed E-state index contributed by atoms with van der Waals surface area (Å²) in [6.07, 6.45) is 1.40. The summed E-state index contributed by atoms with van der Waals surface area (Å²) < 4.78 is 0.440. The predicted molar refractivity (Wildman–Crippen MR) is 73.3 cm³/mol. The number of carboxylic acid groups (broad SMARTS) is 1. The number of rotatable bonds is 4. The number of anilines is 1. The minimum Gasteiger partial charge on any atom is -0.481 e. The Morgan fingerprint density at radius 2 is 2.26 bits per heavy atom. The third kappa shape index (κ3) is 3.58. The Morgan fingerprint density at radius 1 is 1.47 bits per heavy atom. The largest absolute Gasteiger partial charge is 0.481 e. The fourth-order valence-electron chi connectivity index (χ4n) is 1.32. The van der Waals surface area contributed by atoms with Gasteiger partial charge in [-0.1, -0.05) is 0 Å². The summed E-state index contributed by atoms with van der Waals surface area (Å²) in [6, 6.07) is 3.27. The van der Waals surface area contributed by atoms with Gasteiger partial charge >= 0.3 is 5.97 Å². The maximum Gasteiger partial charge on any atom is 0.309 e. The number of hydrogen-bond acceptors (Lipinski definition) is 5. The van der Waals surface area contributed by atoms with Crippen LogP contribution < -0.4 is 5.32 Å². The Kier molecular flexibility index (Phi) is 4.23. The molecule has 0 unspecified atom stereocenters. The second-order valence-corrected chi connectivity index (χ2v) is 5.12. The zero-order valence-electron chi connectivity index (χ0n) is 9.46. The van der Waals surface area contributed by atoms with Gasteiger partial charge in [-0.05, 0) is 28.1 Å². The molecule has 0 aliphatic carbocycles. The Hall–Kier alpha value is -1.80. The van der Waals surface area contributed by atoms with Crippen molar-refractivity contribution in [3.05, 3.63) is 39.6 Å². The molecule has 0 radical (unpaired) electrons. The van der Waals surface area contributed by atoms with E-state index in [1.165, 1.54) is 11.3 Å². The predicted octanol–water partition coefficient (Wildman–Crippen LogP) is 2.18. The van der Waals surface area contributed by atoms with Gasteiger partial charge in [-0.25, -0.2) is 9.97 Å². The van der Waals surface area contributed by atoms with Crippen LogP contribution in [0.4, 0.5) is 5.13 Å². The molecule has 0 saturated heterocycles. The van der Waals surface area contributed by atoms with Gasteiger partial charge in [-0.15, -0.1) is 11.3 Å². The van der Waals surface area contributed by atoms with Crippen molar-refractivity contribution in [2.45, 2.75) is 6.42 Å². The smallest absolute Gasteiger partial charge is 0.309 e. The number of thiazole rings is 1. The van der Waals surface area contributed by atoms with Gasteiger partial charge in [0.05, 0.1) is 17.7 Å². The summed E-state index contributed by atoms with van der Waals surface area (Å²) in [5.41, 5.74) is 0.801. The Morgan fingerprint density at radius 3 is 2.95 bits per heavy atom. The van der Waals surface area contributed by atoms with Crippen LogP contribution in [-0.4, -0.2) is 27.0 Å². The molecule has 2 rings (SSSR count). The number of amides is 1. The van der Waals surface area contributed by atoms with E-state index in [9.17, 15) is 9.59 Å². The molecule has 0 spiro atoms. The van der Waals surface area contributed by atoms with Gasteiger partial charge in [0.25, 0.3) is 5.91 Å². The second-order valence-electron chi connectivity index (χ2n) is 3.51. The van der Waals surface area contributed by atoms with Crippen molar-refractivity contribution in [3.63, 3.8) is 0 Å². The highest BCUT2D eigenvalue weighted by Crippen LogP contribution is 2.19. The van der Waals surface area contributed by atoms with Crippen molar-refractivity contribution in [1.82, 2.24) is 9.97 Å². The molecule has 98 valence electrons. The summed E-state index contributed by atoms with van der Waals surface area (Å²) in [5.74, 6) is -1.31. The number of pyridine rings is 1. The molecule has 2 heterocycles. The highest BCUT2D eigenvalue weighted by atomic mass is 79.9. The lowest BCUT2D eigenvalue weighted by Crippen LogP contribution is -2.13. The van der Waals surface area contributed by atoms with E-state index in [1.807, 2.05) is 0 Å². The first-order valence-corrected chi connectivity index (χ1v) is 6.81. The van der Waals surface area contributed by atoms with E-state index in [2.05, 4.69) is 31.2 Å². The second kappa shape index (κ2) is 5.89. The van der Waals surface area contributed by atoms with E-state index in [0.717, 1.165) is 0 Å². The van der Waals surface area contributed by atoms with Gasteiger partial charge in [-0.3, -0.25) is 14.9 Å². The standard InChI is InChI=1S/C11H8BrN3O3S/c12-9-7(2-1-3-13-9)10(18)15-11-14-6(5-19-11)4-8(16)17/h1-3,5H,4H2,(H,16,17)(H,14,15,18). The zero-order valence-corrected chi connectivity index (χ0v) is 11.9. The molecule has 0 aliphatic heterocycles. The van der Waals surface area contributed by atoms with Crippen molar-refractivity contribution in [2.75, 3.05) is 5.32 Å². The molecule has 2 aromatic heterocycles. The molecule has 0 aromatic carbocycles. The number of aromatic nitrogens is 2. The number of carboxylic acids is 1. The number of hydrogen-bond donors (Lipinski definition) is 2. The SMILES string of the molecule is O=C(O)Cc1csc(NC(=O)c2cccnc2Br)n1. The summed E-state index contributed by atoms with van der Waals surface area (Å²) in [4.78, 5) is 30.4. The van der Waals surface area contributed by atoms with Crippen LogP contribution in [0.25, 0.3) is 0 Å². The highest BCUT2D eigenvalue weighted by Gasteiger charge is 2.13. The minimum absolute atomic E-state index is 0.164. The molecule has 8 heteroatoms. The summed E-state index contributed by atoms with van der Waals surface area (Å²) in [5, 5.41) is 13.2. The third-order valence-electron chi connectivity index (χ3n) is 2.11. The molecule has 19 heavy (non-hydrogen) atoms. The van der Waals surface area contributed by atoms with Gasteiger partial charge in [0.1, 0.15) is 4.60 Å². The van der Waals surface area contributed by atoms with Crippen LogP contribution in [0, 0.1) is 0 Å². The van der Waals surface area contributed by atoms with Crippen LogP contribution in [0.1, 0.15) is 16.1 Å². The first kappa shape index (κ1) is 13.6. The van der Waals surface area contributed by atoms with Crippen molar-refractivity contribution >= 4 is 44.3 Å². The summed E-state index contributed by atoms with van der Waals surface area (Å²) in [6.45, 7) is 0. The Labute approximate surface area is 120 Å². The summed E-state index contributed by atoms with van der Waals surface area (Å²) >= 11 is 4.36. The molecule has 0 atom stereocenters. The average Bonchev–Trinajstić information content (AvgIpc) is 2.76. The molecule has 1 amide bonds. The number of carbonyl (C=O) groups is 2. The lowest BCUT2D eigenvalue weighted by atomic mass is 10.3. The number of halogens is 1. The van der Waals surface area contributed by atoms with Gasteiger partial charge < -0.3 is 5.11 Å². The topological polar surface area (TPSA) is 92.2 Å². The molecular weight excluding hydrogens is 334 g/mol. The normalized spacial score (nSPS) is 10.2. The summed E-state index contributed by atoms with van der Waals surface area (Å²) in [7, 11) is 0. The third-order valence-corrected chi connectivity index (χ3v) is 3.55. The lowest BCUT2D eigenvalue weighted by Gasteiger charge is -2.02. The lowest BCUT2D eigenvalue weighted by molar-refractivity contribution is -0.136. The fraction of sp³-hybridized carbons (Fsp3) is 0.0909. The van der Waals surface area contributed by atoms with E-state index < -0.39 is 5.97 Å².